The maximum absolute atomic E-state index is 12.1. The maximum atomic E-state index is 12.1. The van der Waals surface area contributed by atoms with E-state index in [2.05, 4.69) is 6.92 Å². The van der Waals surface area contributed by atoms with Gasteiger partial charge in [0.25, 0.3) is 5.91 Å². The number of benzene rings is 1. The molecule has 1 N–H and O–H groups in total. The predicted molar refractivity (Wildman–Crippen MR) is 73.3 cm³/mol. The number of amides is 1. The molecule has 1 aromatic rings. The predicted octanol–water partition coefficient (Wildman–Crippen LogP) is 1.93. The van der Waals surface area contributed by atoms with Gasteiger partial charge in [-0.25, -0.2) is 0 Å². The molecule has 1 fully saturated rings. The van der Waals surface area contributed by atoms with Gasteiger partial charge in [0.1, 0.15) is 5.75 Å². The van der Waals surface area contributed by atoms with E-state index in [1.54, 1.807) is 17.0 Å². The molecule has 4 heteroatoms. The van der Waals surface area contributed by atoms with Gasteiger partial charge in [-0.05, 0) is 30.7 Å². The van der Waals surface area contributed by atoms with Gasteiger partial charge in [0, 0.05) is 31.2 Å². The van der Waals surface area contributed by atoms with Gasteiger partial charge in [-0.2, -0.15) is 0 Å². The average molecular weight is 263 g/mol. The van der Waals surface area contributed by atoms with Crippen LogP contribution in [0.5, 0.6) is 5.75 Å². The van der Waals surface area contributed by atoms with Crippen LogP contribution in [-0.4, -0.2) is 42.2 Å². The van der Waals surface area contributed by atoms with Crippen LogP contribution >= 0.6 is 0 Å². The first-order valence-corrected chi connectivity index (χ1v) is 6.87. The summed E-state index contributed by atoms with van der Waals surface area (Å²) in [6.45, 7) is 4.31. The Kier molecular flexibility index (Phi) is 4.80. The summed E-state index contributed by atoms with van der Waals surface area (Å²) in [4.78, 5) is 13.8. The average Bonchev–Trinajstić information content (AvgIpc) is 2.38. The molecular formula is C15H21NO3. The topological polar surface area (TPSA) is 49.8 Å². The standard InChI is InChI=1S/C15H21NO3/c1-2-3-8-19-14-6-4-13(5-7-14)15(18)16-9-12(10-16)11-17/h4-7,12,17H,2-3,8-11H2,1H3. The van der Waals surface area contributed by atoms with E-state index in [0.29, 0.717) is 25.3 Å². The van der Waals surface area contributed by atoms with E-state index in [1.807, 2.05) is 12.1 Å². The number of aliphatic hydroxyl groups excluding tert-OH is 1. The number of carbonyl (C=O) groups excluding carboxylic acids is 1. The summed E-state index contributed by atoms with van der Waals surface area (Å²) in [5, 5.41) is 8.94. The van der Waals surface area contributed by atoms with E-state index in [0.717, 1.165) is 18.6 Å². The van der Waals surface area contributed by atoms with E-state index in [4.69, 9.17) is 9.84 Å². The SMILES string of the molecule is CCCCOc1ccc(C(=O)N2CC(CO)C2)cc1. The number of likely N-dealkylation sites (tertiary alicyclic amines) is 1. The third kappa shape index (κ3) is 3.47. The summed E-state index contributed by atoms with van der Waals surface area (Å²) in [6, 6.07) is 7.28. The molecule has 1 aliphatic heterocycles. The van der Waals surface area contributed by atoms with Crippen LogP contribution in [0.4, 0.5) is 0 Å². The van der Waals surface area contributed by atoms with Crippen molar-refractivity contribution in [3.63, 3.8) is 0 Å². The van der Waals surface area contributed by atoms with E-state index in [-0.39, 0.29) is 18.4 Å². The molecule has 1 aromatic carbocycles. The van der Waals surface area contributed by atoms with Crippen LogP contribution in [-0.2, 0) is 0 Å². The Bertz CT molecular complexity index is 410. The van der Waals surface area contributed by atoms with Gasteiger partial charge in [0.15, 0.2) is 0 Å². The van der Waals surface area contributed by atoms with E-state index < -0.39 is 0 Å². The molecule has 0 bridgehead atoms. The Labute approximate surface area is 114 Å². The Morgan fingerprint density at radius 2 is 2.05 bits per heavy atom. The van der Waals surface area contributed by atoms with Gasteiger partial charge >= 0.3 is 0 Å². The molecule has 1 aliphatic rings. The van der Waals surface area contributed by atoms with Gasteiger partial charge in [-0.1, -0.05) is 13.3 Å². The molecule has 0 saturated carbocycles. The first kappa shape index (κ1) is 13.9. The second-order valence-corrected chi connectivity index (χ2v) is 4.99. The lowest BCUT2D eigenvalue weighted by Crippen LogP contribution is -2.51. The highest BCUT2D eigenvalue weighted by Crippen LogP contribution is 2.20. The highest BCUT2D eigenvalue weighted by molar-refractivity contribution is 5.94. The van der Waals surface area contributed by atoms with Crippen molar-refractivity contribution in [2.45, 2.75) is 19.8 Å². The lowest BCUT2D eigenvalue weighted by Gasteiger charge is -2.38. The van der Waals surface area contributed by atoms with Gasteiger partial charge in [-0.15, -0.1) is 0 Å². The van der Waals surface area contributed by atoms with Crippen molar-refractivity contribution in [3.8, 4) is 5.75 Å². The molecule has 19 heavy (non-hydrogen) atoms. The van der Waals surface area contributed by atoms with Crippen molar-refractivity contribution in [2.75, 3.05) is 26.3 Å². The molecular weight excluding hydrogens is 242 g/mol. The van der Waals surface area contributed by atoms with Crippen LogP contribution < -0.4 is 4.74 Å². The Morgan fingerprint density at radius 1 is 1.37 bits per heavy atom. The van der Waals surface area contributed by atoms with Gasteiger partial charge in [-0.3, -0.25) is 4.79 Å². The Hall–Kier alpha value is -1.55. The summed E-state index contributed by atoms with van der Waals surface area (Å²) in [6.07, 6.45) is 2.15. The molecule has 0 unspecified atom stereocenters. The van der Waals surface area contributed by atoms with Gasteiger partial charge in [0.2, 0.25) is 0 Å². The highest BCUT2D eigenvalue weighted by Gasteiger charge is 2.30. The van der Waals surface area contributed by atoms with Crippen molar-refractivity contribution in [2.24, 2.45) is 5.92 Å². The fraction of sp³-hybridized carbons (Fsp3) is 0.533. The normalized spacial score (nSPS) is 15.2. The molecule has 1 heterocycles. The molecule has 1 saturated heterocycles. The number of nitrogens with zero attached hydrogens (tertiary/aromatic N) is 1. The van der Waals surface area contributed by atoms with Crippen LogP contribution in [0.2, 0.25) is 0 Å². The third-order valence-corrected chi connectivity index (χ3v) is 3.37. The van der Waals surface area contributed by atoms with Crippen molar-refractivity contribution in [1.82, 2.24) is 4.90 Å². The molecule has 0 atom stereocenters. The molecule has 1 amide bonds. The molecule has 0 spiro atoms. The quantitative estimate of drug-likeness (QED) is 0.798. The minimum absolute atomic E-state index is 0.0322. The van der Waals surface area contributed by atoms with Crippen LogP contribution in [0, 0.1) is 5.92 Å². The Morgan fingerprint density at radius 3 is 2.63 bits per heavy atom. The maximum Gasteiger partial charge on any atom is 0.253 e. The summed E-state index contributed by atoms with van der Waals surface area (Å²) < 4.78 is 5.56. The number of ether oxygens (including phenoxy) is 1. The number of hydrogen-bond acceptors (Lipinski definition) is 3. The lowest BCUT2D eigenvalue weighted by molar-refractivity contribution is 0.0362. The fourth-order valence-corrected chi connectivity index (χ4v) is 2.06. The second-order valence-electron chi connectivity index (χ2n) is 4.99. The number of rotatable bonds is 6. The minimum atomic E-state index is 0.0322. The molecule has 0 aromatic heterocycles. The zero-order chi connectivity index (χ0) is 13.7. The first-order valence-electron chi connectivity index (χ1n) is 6.87. The van der Waals surface area contributed by atoms with Crippen LogP contribution in [0.3, 0.4) is 0 Å². The summed E-state index contributed by atoms with van der Waals surface area (Å²) >= 11 is 0. The van der Waals surface area contributed by atoms with Crippen molar-refractivity contribution < 1.29 is 14.6 Å². The minimum Gasteiger partial charge on any atom is -0.494 e. The van der Waals surface area contributed by atoms with Crippen molar-refractivity contribution >= 4 is 5.91 Å². The van der Waals surface area contributed by atoms with Crippen molar-refractivity contribution in [1.29, 1.82) is 0 Å². The first-order chi connectivity index (χ1) is 9.24. The molecule has 0 aliphatic carbocycles. The third-order valence-electron chi connectivity index (χ3n) is 3.37. The number of hydrogen-bond donors (Lipinski definition) is 1. The van der Waals surface area contributed by atoms with Gasteiger partial charge < -0.3 is 14.7 Å². The summed E-state index contributed by atoms with van der Waals surface area (Å²) in [5.41, 5.74) is 0.680. The Balaban J connectivity index is 1.86. The van der Waals surface area contributed by atoms with E-state index in [9.17, 15) is 4.79 Å². The second kappa shape index (κ2) is 6.57. The zero-order valence-electron chi connectivity index (χ0n) is 11.3. The number of carbonyl (C=O) groups is 1. The van der Waals surface area contributed by atoms with Crippen LogP contribution in [0.15, 0.2) is 24.3 Å². The zero-order valence-corrected chi connectivity index (χ0v) is 11.3. The van der Waals surface area contributed by atoms with E-state index in [1.165, 1.54) is 0 Å². The molecule has 4 nitrogen and oxygen atoms in total. The molecule has 2 rings (SSSR count). The summed E-state index contributed by atoms with van der Waals surface area (Å²) in [7, 11) is 0. The fourth-order valence-electron chi connectivity index (χ4n) is 2.06. The van der Waals surface area contributed by atoms with Crippen LogP contribution in [0.1, 0.15) is 30.1 Å². The highest BCUT2D eigenvalue weighted by atomic mass is 16.5. The van der Waals surface area contributed by atoms with Crippen molar-refractivity contribution in [3.05, 3.63) is 29.8 Å². The molecule has 0 radical (unpaired) electrons. The number of unbranched alkanes of at least 4 members (excludes halogenated alkanes) is 1. The monoisotopic (exact) mass is 263 g/mol. The number of aliphatic hydroxyl groups is 1. The lowest BCUT2D eigenvalue weighted by atomic mass is 10.00. The van der Waals surface area contributed by atoms with E-state index >= 15 is 0 Å². The molecule has 104 valence electrons. The summed E-state index contributed by atoms with van der Waals surface area (Å²) in [5.74, 6) is 1.09. The van der Waals surface area contributed by atoms with Gasteiger partial charge in [0.05, 0.1) is 6.61 Å². The largest absolute Gasteiger partial charge is 0.494 e. The smallest absolute Gasteiger partial charge is 0.253 e. The van der Waals surface area contributed by atoms with Crippen LogP contribution in [0.25, 0.3) is 0 Å².